The molecule has 0 radical (unpaired) electrons. The molecule has 0 bridgehead atoms. The fraction of sp³-hybridized carbons (Fsp3) is 0. The molecule has 0 unspecified atom stereocenters. The van der Waals surface area contributed by atoms with E-state index in [1.54, 1.807) is 0 Å². The second-order valence-corrected chi connectivity index (χ2v) is 5.80. The van der Waals surface area contributed by atoms with Gasteiger partial charge in [-0.05, 0) is 28.3 Å². The smallest absolute Gasteiger partial charge is 0.101 e. The molecular weight excluding hydrogens is 280 g/mol. The first-order chi connectivity index (χ1) is 11.4. The van der Waals surface area contributed by atoms with Crippen molar-refractivity contribution in [3.63, 3.8) is 0 Å². The largest absolute Gasteiger partial charge is 0.240 e. The van der Waals surface area contributed by atoms with Crippen LogP contribution in [0.4, 0.5) is 0 Å². The number of benzene rings is 4. The average molecular weight is 294 g/mol. The zero-order chi connectivity index (χ0) is 15.2. The first-order valence-corrected chi connectivity index (χ1v) is 7.75. The van der Waals surface area contributed by atoms with Gasteiger partial charge in [-0.25, -0.2) is 4.68 Å². The summed E-state index contributed by atoms with van der Waals surface area (Å²) in [6, 6.07) is 27.4. The molecule has 4 aromatic carbocycles. The quantitative estimate of drug-likeness (QED) is 0.382. The lowest BCUT2D eigenvalue weighted by Gasteiger charge is -2.04. The van der Waals surface area contributed by atoms with Crippen molar-refractivity contribution < 1.29 is 0 Å². The van der Waals surface area contributed by atoms with E-state index < -0.39 is 0 Å². The number of hydrogen-bond donors (Lipinski definition) is 0. The molecule has 0 saturated heterocycles. The van der Waals surface area contributed by atoms with Gasteiger partial charge in [0.2, 0.25) is 0 Å². The van der Waals surface area contributed by atoms with Gasteiger partial charge in [0.1, 0.15) is 5.52 Å². The van der Waals surface area contributed by atoms with Crippen LogP contribution < -0.4 is 0 Å². The number of hydrogen-bond acceptors (Lipinski definition) is 1. The lowest BCUT2D eigenvalue weighted by molar-refractivity contribution is 0.898. The number of rotatable bonds is 1. The van der Waals surface area contributed by atoms with Gasteiger partial charge in [-0.3, -0.25) is 0 Å². The zero-order valence-electron chi connectivity index (χ0n) is 12.5. The molecule has 108 valence electrons. The fourth-order valence-corrected chi connectivity index (χ4v) is 3.29. The van der Waals surface area contributed by atoms with Crippen molar-refractivity contribution in [1.82, 2.24) is 9.78 Å². The van der Waals surface area contributed by atoms with Gasteiger partial charge in [0.05, 0.1) is 5.69 Å². The molecule has 0 saturated carbocycles. The number of aromatic nitrogens is 2. The first kappa shape index (κ1) is 12.4. The van der Waals surface area contributed by atoms with Gasteiger partial charge in [-0.15, -0.1) is 0 Å². The average Bonchev–Trinajstić information content (AvgIpc) is 3.06. The Morgan fingerprint density at radius 2 is 1.30 bits per heavy atom. The van der Waals surface area contributed by atoms with Crippen molar-refractivity contribution in [3.8, 4) is 5.69 Å². The van der Waals surface area contributed by atoms with Crippen molar-refractivity contribution in [2.24, 2.45) is 0 Å². The third-order valence-electron chi connectivity index (χ3n) is 4.40. The van der Waals surface area contributed by atoms with Crippen LogP contribution in [0.3, 0.4) is 0 Å². The normalized spacial score (nSPS) is 11.5. The highest BCUT2D eigenvalue weighted by Gasteiger charge is 2.09. The van der Waals surface area contributed by atoms with Gasteiger partial charge in [0, 0.05) is 17.0 Å². The molecule has 0 N–H and O–H groups in total. The summed E-state index contributed by atoms with van der Waals surface area (Å²) < 4.78 is 1.96. The summed E-state index contributed by atoms with van der Waals surface area (Å²) in [6.07, 6.45) is 2.10. The maximum Gasteiger partial charge on any atom is 0.101 e. The van der Waals surface area contributed by atoms with E-state index in [2.05, 4.69) is 66.9 Å². The first-order valence-electron chi connectivity index (χ1n) is 7.75. The Morgan fingerprint density at radius 1 is 0.609 bits per heavy atom. The second kappa shape index (κ2) is 4.68. The molecule has 2 heteroatoms. The molecular formula is C21H14N2. The zero-order valence-corrected chi connectivity index (χ0v) is 12.5. The van der Waals surface area contributed by atoms with E-state index >= 15 is 0 Å². The molecule has 2 nitrogen and oxygen atoms in total. The minimum absolute atomic E-state index is 1.06. The van der Waals surface area contributed by atoms with E-state index in [0.29, 0.717) is 0 Å². The van der Waals surface area contributed by atoms with Gasteiger partial charge < -0.3 is 0 Å². The van der Waals surface area contributed by atoms with E-state index in [9.17, 15) is 0 Å². The Balaban J connectivity index is 1.92. The Morgan fingerprint density at radius 3 is 2.17 bits per heavy atom. The van der Waals surface area contributed by atoms with E-state index in [1.165, 1.54) is 21.5 Å². The molecule has 0 atom stereocenters. The molecule has 0 aliphatic heterocycles. The SMILES string of the molecule is c1ccc(-n2cc3ccc4ccc5ccccc5c4c3n2)cc1. The summed E-state index contributed by atoms with van der Waals surface area (Å²) in [6.45, 7) is 0. The van der Waals surface area contributed by atoms with Crippen molar-refractivity contribution >= 4 is 32.4 Å². The molecule has 1 aromatic heterocycles. The summed E-state index contributed by atoms with van der Waals surface area (Å²) in [4.78, 5) is 0. The third kappa shape index (κ3) is 1.85. The van der Waals surface area contributed by atoms with Gasteiger partial charge in [0.25, 0.3) is 0 Å². The molecule has 0 spiro atoms. The summed E-state index contributed by atoms with van der Waals surface area (Å²) >= 11 is 0. The predicted octanol–water partition coefficient (Wildman–Crippen LogP) is 5.33. The molecule has 0 amide bonds. The Hall–Kier alpha value is -3.13. The van der Waals surface area contributed by atoms with Crippen LogP contribution in [0.5, 0.6) is 0 Å². The van der Waals surface area contributed by atoms with Crippen LogP contribution in [-0.4, -0.2) is 9.78 Å². The van der Waals surface area contributed by atoms with Crippen molar-refractivity contribution in [2.75, 3.05) is 0 Å². The molecule has 5 aromatic rings. The molecule has 0 fully saturated rings. The molecule has 1 heterocycles. The Labute approximate surface area is 133 Å². The summed E-state index contributed by atoms with van der Waals surface area (Å²) in [7, 11) is 0. The third-order valence-corrected chi connectivity index (χ3v) is 4.40. The minimum Gasteiger partial charge on any atom is -0.240 e. The summed E-state index contributed by atoms with van der Waals surface area (Å²) in [5.41, 5.74) is 2.14. The Bertz CT molecular complexity index is 1150. The molecule has 5 rings (SSSR count). The lowest BCUT2D eigenvalue weighted by atomic mass is 10.0. The fourth-order valence-electron chi connectivity index (χ4n) is 3.29. The number of nitrogens with zero attached hydrogens (tertiary/aromatic N) is 2. The van der Waals surface area contributed by atoms with Gasteiger partial charge in [0.15, 0.2) is 0 Å². The predicted molar refractivity (Wildman–Crippen MR) is 96.1 cm³/mol. The van der Waals surface area contributed by atoms with E-state index in [4.69, 9.17) is 5.10 Å². The number of fused-ring (bicyclic) bond motifs is 5. The van der Waals surface area contributed by atoms with E-state index in [1.807, 2.05) is 22.9 Å². The van der Waals surface area contributed by atoms with Crippen LogP contribution in [0.2, 0.25) is 0 Å². The monoisotopic (exact) mass is 294 g/mol. The summed E-state index contributed by atoms with van der Waals surface area (Å²) in [5.74, 6) is 0. The maximum absolute atomic E-state index is 4.88. The number of para-hydroxylation sites is 1. The highest BCUT2D eigenvalue weighted by molar-refractivity contribution is 6.18. The van der Waals surface area contributed by atoms with E-state index in [-0.39, 0.29) is 0 Å². The van der Waals surface area contributed by atoms with Crippen LogP contribution in [-0.2, 0) is 0 Å². The molecule has 0 aliphatic rings. The lowest BCUT2D eigenvalue weighted by Crippen LogP contribution is -1.93. The van der Waals surface area contributed by atoms with Crippen LogP contribution in [0.25, 0.3) is 38.1 Å². The molecule has 0 aliphatic carbocycles. The molecule has 23 heavy (non-hydrogen) atoms. The van der Waals surface area contributed by atoms with Crippen LogP contribution in [0.1, 0.15) is 0 Å². The highest BCUT2D eigenvalue weighted by Crippen LogP contribution is 2.31. The standard InChI is InChI=1S/C21H14N2/c1-2-7-18(8-3-1)23-14-17-13-12-16-11-10-15-6-4-5-9-19(15)20(16)21(17)22-23/h1-14H. The van der Waals surface area contributed by atoms with Crippen LogP contribution in [0, 0.1) is 0 Å². The minimum atomic E-state index is 1.06. The highest BCUT2D eigenvalue weighted by atomic mass is 15.3. The van der Waals surface area contributed by atoms with Crippen molar-refractivity contribution in [1.29, 1.82) is 0 Å². The van der Waals surface area contributed by atoms with Gasteiger partial charge >= 0.3 is 0 Å². The topological polar surface area (TPSA) is 17.8 Å². The van der Waals surface area contributed by atoms with Crippen molar-refractivity contribution in [2.45, 2.75) is 0 Å². The summed E-state index contributed by atoms with van der Waals surface area (Å²) in [5, 5.41) is 11.0. The maximum atomic E-state index is 4.88. The van der Waals surface area contributed by atoms with Gasteiger partial charge in [-0.1, -0.05) is 66.7 Å². The van der Waals surface area contributed by atoms with Gasteiger partial charge in [-0.2, -0.15) is 5.10 Å². The van der Waals surface area contributed by atoms with Crippen LogP contribution in [0.15, 0.2) is 85.1 Å². The second-order valence-electron chi connectivity index (χ2n) is 5.80. The van der Waals surface area contributed by atoms with Crippen LogP contribution >= 0.6 is 0 Å². The van der Waals surface area contributed by atoms with Crippen molar-refractivity contribution in [3.05, 3.63) is 85.1 Å². The van der Waals surface area contributed by atoms with E-state index in [0.717, 1.165) is 16.6 Å². The Kier molecular flexibility index (Phi) is 2.53.